The van der Waals surface area contributed by atoms with Crippen LogP contribution in [0.3, 0.4) is 0 Å². The quantitative estimate of drug-likeness (QED) is 0.802. The van der Waals surface area contributed by atoms with Crippen LogP contribution in [0.15, 0.2) is 33.2 Å². The van der Waals surface area contributed by atoms with Gasteiger partial charge < -0.3 is 19.0 Å². The van der Waals surface area contributed by atoms with Crippen molar-refractivity contribution in [1.29, 1.82) is 0 Å². The Morgan fingerprint density at radius 3 is 2.57 bits per heavy atom. The molecule has 2 aromatic rings. The lowest BCUT2D eigenvalue weighted by atomic mass is 10.0. The molecule has 0 aliphatic heterocycles. The molecule has 0 amide bonds. The summed E-state index contributed by atoms with van der Waals surface area (Å²) >= 11 is 3.46. The number of halogens is 1. The first-order chi connectivity index (χ1) is 10.0. The zero-order chi connectivity index (χ0) is 15.4. The molecule has 1 atom stereocenters. The minimum Gasteiger partial charge on any atom is -0.490 e. The van der Waals surface area contributed by atoms with Crippen LogP contribution in [0.1, 0.15) is 28.8 Å². The van der Waals surface area contributed by atoms with Gasteiger partial charge in [-0.25, -0.2) is 0 Å². The zero-order valence-corrected chi connectivity index (χ0v) is 13.9. The van der Waals surface area contributed by atoms with Crippen molar-refractivity contribution in [3.05, 3.63) is 51.4 Å². The van der Waals surface area contributed by atoms with Gasteiger partial charge in [-0.15, -0.1) is 0 Å². The lowest BCUT2D eigenvalue weighted by molar-refractivity contribution is 0.146. The van der Waals surface area contributed by atoms with E-state index >= 15 is 0 Å². The molecule has 1 heterocycles. The minimum absolute atomic E-state index is 0.483. The van der Waals surface area contributed by atoms with Crippen LogP contribution in [0, 0.1) is 13.8 Å². The van der Waals surface area contributed by atoms with Gasteiger partial charge in [0.2, 0.25) is 0 Å². The van der Waals surface area contributed by atoms with Crippen molar-refractivity contribution in [2.75, 3.05) is 20.3 Å². The smallest absolute Gasteiger partial charge is 0.133 e. The average molecular weight is 355 g/mol. The molecule has 0 radical (unpaired) electrons. The monoisotopic (exact) mass is 354 g/mol. The maximum absolute atomic E-state index is 10.5. The van der Waals surface area contributed by atoms with Crippen LogP contribution in [-0.2, 0) is 4.74 Å². The standard InChI is InChI=1S/C16H19BrO4/c1-10-8-13(11(2)21-10)16(18)12-4-5-15(14(17)9-12)20-7-6-19-3/h4-5,8-9,16,18H,6-7H2,1-3H3. The Morgan fingerprint density at radius 1 is 1.24 bits per heavy atom. The molecule has 21 heavy (non-hydrogen) atoms. The SMILES string of the molecule is COCCOc1ccc(C(O)c2cc(C)oc2C)cc1Br. The largest absolute Gasteiger partial charge is 0.490 e. The fourth-order valence-electron chi connectivity index (χ4n) is 2.14. The van der Waals surface area contributed by atoms with E-state index in [9.17, 15) is 5.11 Å². The Morgan fingerprint density at radius 2 is 2.00 bits per heavy atom. The summed E-state index contributed by atoms with van der Waals surface area (Å²) in [4.78, 5) is 0. The van der Waals surface area contributed by atoms with Gasteiger partial charge in [-0.2, -0.15) is 0 Å². The minimum atomic E-state index is -0.716. The zero-order valence-electron chi connectivity index (χ0n) is 12.4. The number of benzene rings is 1. The highest BCUT2D eigenvalue weighted by Gasteiger charge is 2.17. The Balaban J connectivity index is 2.17. The Labute approximate surface area is 132 Å². The van der Waals surface area contributed by atoms with Crippen molar-refractivity contribution >= 4 is 15.9 Å². The van der Waals surface area contributed by atoms with Crippen LogP contribution in [0.25, 0.3) is 0 Å². The number of rotatable bonds is 6. The summed E-state index contributed by atoms with van der Waals surface area (Å²) < 4.78 is 16.8. The number of furan rings is 1. The molecule has 0 saturated heterocycles. The third-order valence-corrected chi connectivity index (χ3v) is 3.81. The van der Waals surface area contributed by atoms with E-state index in [0.717, 1.165) is 32.9 Å². The summed E-state index contributed by atoms with van der Waals surface area (Å²) in [7, 11) is 1.63. The normalized spacial score (nSPS) is 12.4. The van der Waals surface area contributed by atoms with Gasteiger partial charge in [0.1, 0.15) is 30.0 Å². The first-order valence-electron chi connectivity index (χ1n) is 6.69. The molecule has 1 N–H and O–H groups in total. The second kappa shape index (κ2) is 7.11. The first kappa shape index (κ1) is 16.1. The second-order valence-electron chi connectivity index (χ2n) is 4.80. The van der Waals surface area contributed by atoms with Crippen molar-refractivity contribution < 1.29 is 19.0 Å². The van der Waals surface area contributed by atoms with Crippen molar-refractivity contribution in [2.45, 2.75) is 20.0 Å². The number of aliphatic hydroxyl groups is 1. The Kier molecular flexibility index (Phi) is 5.45. The van der Waals surface area contributed by atoms with E-state index in [1.165, 1.54) is 0 Å². The molecule has 5 heteroatoms. The summed E-state index contributed by atoms with van der Waals surface area (Å²) in [5.74, 6) is 2.25. The van der Waals surface area contributed by atoms with E-state index in [1.54, 1.807) is 7.11 Å². The predicted molar refractivity (Wildman–Crippen MR) is 83.8 cm³/mol. The molecule has 1 unspecified atom stereocenters. The fourth-order valence-corrected chi connectivity index (χ4v) is 2.65. The molecule has 0 spiro atoms. The molecule has 0 aliphatic carbocycles. The molecular weight excluding hydrogens is 336 g/mol. The molecule has 1 aromatic carbocycles. The number of methoxy groups -OCH3 is 1. The van der Waals surface area contributed by atoms with Crippen LogP contribution >= 0.6 is 15.9 Å². The highest BCUT2D eigenvalue weighted by molar-refractivity contribution is 9.10. The van der Waals surface area contributed by atoms with E-state index in [-0.39, 0.29) is 0 Å². The van der Waals surface area contributed by atoms with Gasteiger partial charge in [0, 0.05) is 12.7 Å². The van der Waals surface area contributed by atoms with Gasteiger partial charge in [-0.05, 0) is 53.5 Å². The average Bonchev–Trinajstić information content (AvgIpc) is 2.79. The van der Waals surface area contributed by atoms with Gasteiger partial charge in [0.15, 0.2) is 0 Å². The fraction of sp³-hybridized carbons (Fsp3) is 0.375. The number of hydrogen-bond acceptors (Lipinski definition) is 4. The van der Waals surface area contributed by atoms with Gasteiger partial charge in [0.25, 0.3) is 0 Å². The van der Waals surface area contributed by atoms with Gasteiger partial charge >= 0.3 is 0 Å². The van der Waals surface area contributed by atoms with Gasteiger partial charge in [0.05, 0.1) is 11.1 Å². The Hall–Kier alpha value is -1.30. The predicted octanol–water partition coefficient (Wildman–Crippen LogP) is 3.77. The van der Waals surface area contributed by atoms with Crippen LogP contribution in [0.4, 0.5) is 0 Å². The molecule has 0 fully saturated rings. The van der Waals surface area contributed by atoms with Crippen LogP contribution in [0.2, 0.25) is 0 Å². The lowest BCUT2D eigenvalue weighted by Gasteiger charge is -2.13. The van der Waals surface area contributed by atoms with E-state index < -0.39 is 6.10 Å². The van der Waals surface area contributed by atoms with E-state index in [4.69, 9.17) is 13.9 Å². The maximum atomic E-state index is 10.5. The Bertz CT molecular complexity index is 606. The number of aryl methyl sites for hydroxylation is 2. The van der Waals surface area contributed by atoms with E-state index in [0.29, 0.717) is 13.2 Å². The third-order valence-electron chi connectivity index (χ3n) is 3.19. The summed E-state index contributed by atoms with van der Waals surface area (Å²) in [6.45, 7) is 4.73. The summed E-state index contributed by atoms with van der Waals surface area (Å²) in [5.41, 5.74) is 1.57. The van der Waals surface area contributed by atoms with Crippen LogP contribution in [0.5, 0.6) is 5.75 Å². The van der Waals surface area contributed by atoms with E-state index in [2.05, 4.69) is 15.9 Å². The molecule has 2 rings (SSSR count). The topological polar surface area (TPSA) is 51.8 Å². The number of aliphatic hydroxyl groups excluding tert-OH is 1. The second-order valence-corrected chi connectivity index (χ2v) is 5.66. The summed E-state index contributed by atoms with van der Waals surface area (Å²) in [6, 6.07) is 7.39. The maximum Gasteiger partial charge on any atom is 0.133 e. The number of hydrogen-bond donors (Lipinski definition) is 1. The molecular formula is C16H19BrO4. The highest BCUT2D eigenvalue weighted by Crippen LogP contribution is 2.32. The van der Waals surface area contributed by atoms with Crippen LogP contribution < -0.4 is 4.74 Å². The molecule has 1 aromatic heterocycles. The van der Waals surface area contributed by atoms with Crippen molar-refractivity contribution in [1.82, 2.24) is 0 Å². The van der Waals surface area contributed by atoms with Gasteiger partial charge in [-0.1, -0.05) is 6.07 Å². The van der Waals surface area contributed by atoms with E-state index in [1.807, 2.05) is 38.1 Å². The van der Waals surface area contributed by atoms with Crippen molar-refractivity contribution in [3.8, 4) is 5.75 Å². The molecule has 114 valence electrons. The number of ether oxygens (including phenoxy) is 2. The summed E-state index contributed by atoms with van der Waals surface area (Å²) in [5, 5.41) is 10.5. The van der Waals surface area contributed by atoms with Gasteiger partial charge in [-0.3, -0.25) is 0 Å². The third kappa shape index (κ3) is 3.87. The molecule has 0 aliphatic rings. The molecule has 0 saturated carbocycles. The van der Waals surface area contributed by atoms with Crippen molar-refractivity contribution in [3.63, 3.8) is 0 Å². The molecule has 4 nitrogen and oxygen atoms in total. The summed E-state index contributed by atoms with van der Waals surface area (Å²) in [6.07, 6.45) is -0.716. The lowest BCUT2D eigenvalue weighted by Crippen LogP contribution is -2.05. The highest BCUT2D eigenvalue weighted by atomic mass is 79.9. The van der Waals surface area contributed by atoms with Crippen molar-refractivity contribution in [2.24, 2.45) is 0 Å². The first-order valence-corrected chi connectivity index (χ1v) is 7.48. The molecule has 0 bridgehead atoms. The van der Waals surface area contributed by atoms with Crippen LogP contribution in [-0.4, -0.2) is 25.4 Å².